The van der Waals surface area contributed by atoms with Gasteiger partial charge in [0, 0.05) is 18.8 Å². The second-order valence-corrected chi connectivity index (χ2v) is 7.57. The van der Waals surface area contributed by atoms with Crippen LogP contribution in [-0.2, 0) is 10.0 Å². The molecule has 0 saturated carbocycles. The van der Waals surface area contributed by atoms with Crippen molar-refractivity contribution in [2.75, 3.05) is 28.4 Å². The molecule has 0 aromatic heterocycles. The Balaban J connectivity index is 1.95. The van der Waals surface area contributed by atoms with E-state index >= 15 is 0 Å². The lowest BCUT2D eigenvalue weighted by atomic mass is 10.2. The Kier molecular flexibility index (Phi) is 4.17. The average molecular weight is 331 g/mol. The second kappa shape index (κ2) is 6.12. The van der Waals surface area contributed by atoms with Crippen LogP contribution in [0.15, 0.2) is 47.4 Å². The quantitative estimate of drug-likeness (QED) is 0.845. The number of anilines is 3. The minimum Gasteiger partial charge on any atom is -0.399 e. The van der Waals surface area contributed by atoms with E-state index in [2.05, 4.69) is 9.62 Å². The molecule has 0 amide bonds. The third kappa shape index (κ3) is 3.42. The van der Waals surface area contributed by atoms with Crippen molar-refractivity contribution >= 4 is 27.1 Å². The fraction of sp³-hybridized carbons (Fsp3) is 0.294. The van der Waals surface area contributed by atoms with Crippen LogP contribution in [0.25, 0.3) is 0 Å². The number of nitrogens with two attached hydrogens (primary N) is 1. The van der Waals surface area contributed by atoms with Gasteiger partial charge in [0.1, 0.15) is 0 Å². The Morgan fingerprint density at radius 3 is 2.35 bits per heavy atom. The summed E-state index contributed by atoms with van der Waals surface area (Å²) < 4.78 is 27.9. The largest absolute Gasteiger partial charge is 0.399 e. The SMILES string of the molecule is Cc1ccc(S(=O)(=O)Nc2cc(N)ccc2N2CCCC2)cc1. The standard InChI is InChI=1S/C17H21N3O2S/c1-13-4-7-15(8-5-13)23(21,22)19-16-12-14(18)6-9-17(16)20-10-2-3-11-20/h4-9,12,19H,2-3,10-11,18H2,1H3. The summed E-state index contributed by atoms with van der Waals surface area (Å²) in [6, 6.07) is 12.2. The van der Waals surface area contributed by atoms with Crippen LogP contribution in [0.4, 0.5) is 17.1 Å². The highest BCUT2D eigenvalue weighted by molar-refractivity contribution is 7.92. The molecule has 6 heteroatoms. The van der Waals surface area contributed by atoms with Crippen molar-refractivity contribution in [2.24, 2.45) is 0 Å². The van der Waals surface area contributed by atoms with Gasteiger partial charge in [-0.2, -0.15) is 0 Å². The van der Waals surface area contributed by atoms with Gasteiger partial charge in [-0.1, -0.05) is 17.7 Å². The molecule has 0 bridgehead atoms. The zero-order chi connectivity index (χ0) is 16.4. The summed E-state index contributed by atoms with van der Waals surface area (Å²) in [5, 5.41) is 0. The smallest absolute Gasteiger partial charge is 0.261 e. The fourth-order valence-electron chi connectivity index (χ4n) is 2.79. The number of benzene rings is 2. The van der Waals surface area contributed by atoms with Crippen LogP contribution in [-0.4, -0.2) is 21.5 Å². The first kappa shape index (κ1) is 15.7. The van der Waals surface area contributed by atoms with Crippen LogP contribution in [0, 0.1) is 6.92 Å². The highest BCUT2D eigenvalue weighted by Gasteiger charge is 2.20. The molecule has 0 atom stereocenters. The van der Waals surface area contributed by atoms with E-state index < -0.39 is 10.0 Å². The number of nitrogens with one attached hydrogen (secondary N) is 1. The molecule has 1 aliphatic heterocycles. The normalized spacial score (nSPS) is 14.9. The molecule has 0 unspecified atom stereocenters. The molecule has 2 aromatic rings. The van der Waals surface area contributed by atoms with Gasteiger partial charge in [-0.3, -0.25) is 4.72 Å². The Bertz CT molecular complexity index is 795. The van der Waals surface area contributed by atoms with Crippen molar-refractivity contribution < 1.29 is 8.42 Å². The zero-order valence-electron chi connectivity index (χ0n) is 13.1. The van der Waals surface area contributed by atoms with Gasteiger partial charge in [0.15, 0.2) is 0 Å². The highest BCUT2D eigenvalue weighted by Crippen LogP contribution is 2.32. The summed E-state index contributed by atoms with van der Waals surface area (Å²) in [4.78, 5) is 2.43. The van der Waals surface area contributed by atoms with Crippen LogP contribution in [0.3, 0.4) is 0 Å². The fourth-order valence-corrected chi connectivity index (χ4v) is 3.86. The molecule has 5 nitrogen and oxygen atoms in total. The van der Waals surface area contributed by atoms with Crippen LogP contribution in [0.5, 0.6) is 0 Å². The summed E-state index contributed by atoms with van der Waals surface area (Å²) in [6.07, 6.45) is 2.24. The molecule has 0 radical (unpaired) electrons. The van der Waals surface area contributed by atoms with Gasteiger partial charge in [0.25, 0.3) is 10.0 Å². The molecule has 122 valence electrons. The minimum atomic E-state index is -3.63. The van der Waals surface area contributed by atoms with E-state index in [-0.39, 0.29) is 4.90 Å². The zero-order valence-corrected chi connectivity index (χ0v) is 13.9. The van der Waals surface area contributed by atoms with Crippen LogP contribution in [0.2, 0.25) is 0 Å². The monoisotopic (exact) mass is 331 g/mol. The molecule has 3 N–H and O–H groups in total. The third-order valence-corrected chi connectivity index (χ3v) is 5.42. The summed E-state index contributed by atoms with van der Waals surface area (Å²) in [5.41, 5.74) is 8.82. The summed E-state index contributed by atoms with van der Waals surface area (Å²) >= 11 is 0. The second-order valence-electron chi connectivity index (χ2n) is 5.89. The summed E-state index contributed by atoms with van der Waals surface area (Å²) in [6.45, 7) is 3.79. The van der Waals surface area contributed by atoms with Gasteiger partial charge in [0.05, 0.1) is 16.3 Å². The first-order chi connectivity index (χ1) is 11.0. The number of sulfonamides is 1. The predicted octanol–water partition coefficient (Wildman–Crippen LogP) is 2.98. The van der Waals surface area contributed by atoms with Crippen molar-refractivity contribution in [3.63, 3.8) is 0 Å². The lowest BCUT2D eigenvalue weighted by Gasteiger charge is -2.22. The van der Waals surface area contributed by atoms with Crippen molar-refractivity contribution in [3.8, 4) is 0 Å². The van der Waals surface area contributed by atoms with Crippen LogP contribution in [0.1, 0.15) is 18.4 Å². The molecule has 23 heavy (non-hydrogen) atoms. The van der Waals surface area contributed by atoms with E-state index in [4.69, 9.17) is 5.73 Å². The number of nitrogen functional groups attached to an aromatic ring is 1. The first-order valence-corrected chi connectivity index (χ1v) is 9.18. The molecule has 2 aromatic carbocycles. The Hall–Kier alpha value is -2.21. The van der Waals surface area contributed by atoms with Gasteiger partial charge in [-0.15, -0.1) is 0 Å². The highest BCUT2D eigenvalue weighted by atomic mass is 32.2. The minimum absolute atomic E-state index is 0.248. The summed E-state index contributed by atoms with van der Waals surface area (Å²) in [5.74, 6) is 0. The Morgan fingerprint density at radius 1 is 1.04 bits per heavy atom. The van der Waals surface area contributed by atoms with Gasteiger partial charge in [-0.05, 0) is 50.1 Å². The number of hydrogen-bond acceptors (Lipinski definition) is 4. The molecule has 1 heterocycles. The lowest BCUT2D eigenvalue weighted by molar-refractivity contribution is 0.601. The number of aryl methyl sites for hydroxylation is 1. The number of rotatable bonds is 4. The van der Waals surface area contributed by atoms with Gasteiger partial charge >= 0.3 is 0 Å². The molecular weight excluding hydrogens is 310 g/mol. The van der Waals surface area contributed by atoms with E-state index in [1.807, 2.05) is 13.0 Å². The van der Waals surface area contributed by atoms with Crippen LogP contribution < -0.4 is 15.4 Å². The predicted molar refractivity (Wildman–Crippen MR) is 94.3 cm³/mol. The summed E-state index contributed by atoms with van der Waals surface area (Å²) in [7, 11) is -3.63. The van der Waals surface area contributed by atoms with Crippen molar-refractivity contribution in [3.05, 3.63) is 48.0 Å². The molecule has 0 aliphatic carbocycles. The number of hydrogen-bond donors (Lipinski definition) is 2. The molecule has 1 saturated heterocycles. The van der Waals surface area contributed by atoms with Crippen molar-refractivity contribution in [2.45, 2.75) is 24.7 Å². The molecule has 0 spiro atoms. The van der Waals surface area contributed by atoms with Gasteiger partial charge < -0.3 is 10.6 Å². The van der Waals surface area contributed by atoms with Gasteiger partial charge in [0.2, 0.25) is 0 Å². The molecule has 1 fully saturated rings. The van der Waals surface area contributed by atoms with E-state index in [9.17, 15) is 8.42 Å². The maximum Gasteiger partial charge on any atom is 0.261 e. The number of nitrogens with zero attached hydrogens (tertiary/aromatic N) is 1. The third-order valence-electron chi connectivity index (χ3n) is 4.04. The van der Waals surface area contributed by atoms with E-state index in [0.717, 1.165) is 37.2 Å². The van der Waals surface area contributed by atoms with E-state index in [1.54, 1.807) is 36.4 Å². The molecular formula is C17H21N3O2S. The van der Waals surface area contributed by atoms with Gasteiger partial charge in [-0.25, -0.2) is 8.42 Å². The maximum atomic E-state index is 12.6. The van der Waals surface area contributed by atoms with E-state index in [1.165, 1.54) is 0 Å². The molecule has 3 rings (SSSR count). The topological polar surface area (TPSA) is 75.4 Å². The first-order valence-electron chi connectivity index (χ1n) is 7.70. The average Bonchev–Trinajstić information content (AvgIpc) is 3.01. The van der Waals surface area contributed by atoms with Crippen molar-refractivity contribution in [1.29, 1.82) is 0 Å². The Labute approximate surface area is 137 Å². The maximum absolute atomic E-state index is 12.6. The van der Waals surface area contributed by atoms with Crippen molar-refractivity contribution in [1.82, 2.24) is 0 Å². The van der Waals surface area contributed by atoms with E-state index in [0.29, 0.717) is 11.4 Å². The molecule has 1 aliphatic rings. The van der Waals surface area contributed by atoms with Crippen LogP contribution >= 0.6 is 0 Å². The Morgan fingerprint density at radius 2 is 1.70 bits per heavy atom. The lowest BCUT2D eigenvalue weighted by Crippen LogP contribution is -2.21.